The van der Waals surface area contributed by atoms with Gasteiger partial charge in [0.15, 0.2) is 0 Å². The van der Waals surface area contributed by atoms with Crippen molar-refractivity contribution in [1.29, 1.82) is 0 Å². The van der Waals surface area contributed by atoms with Gasteiger partial charge < -0.3 is 5.32 Å². The summed E-state index contributed by atoms with van der Waals surface area (Å²) in [5.41, 5.74) is 0. The maximum atomic E-state index is 3.81. The second kappa shape index (κ2) is 4.73. The fraction of sp³-hybridized carbons (Fsp3) is 0.889. The van der Waals surface area contributed by atoms with Crippen molar-refractivity contribution < 1.29 is 0 Å². The first kappa shape index (κ1) is 8.06. The Labute approximate surface area is 64.2 Å². The lowest BCUT2D eigenvalue weighted by Crippen LogP contribution is -2.17. The Morgan fingerprint density at radius 3 is 2.60 bits per heavy atom. The molecule has 0 heterocycles. The normalized spacial score (nSPS) is 17.7. The molecule has 1 aliphatic carbocycles. The molecule has 0 aromatic carbocycles. The number of nitrogens with one attached hydrogen (secondary N) is 1. The Morgan fingerprint density at radius 1 is 1.20 bits per heavy atom. The van der Waals surface area contributed by atoms with Crippen LogP contribution in [0.5, 0.6) is 0 Å². The van der Waals surface area contributed by atoms with Crippen LogP contribution < -0.4 is 5.32 Å². The summed E-state index contributed by atoms with van der Waals surface area (Å²) in [6, 6.07) is 0.889. The third kappa shape index (κ3) is 3.89. The number of unbranched alkanes of at least 4 members (excludes halogenated alkanes) is 3. The summed E-state index contributed by atoms with van der Waals surface area (Å²) in [7, 11) is 0. The maximum absolute atomic E-state index is 3.81. The van der Waals surface area contributed by atoms with Gasteiger partial charge in [-0.25, -0.2) is 0 Å². The van der Waals surface area contributed by atoms with Gasteiger partial charge in [0.25, 0.3) is 0 Å². The molecule has 1 rings (SSSR count). The van der Waals surface area contributed by atoms with Gasteiger partial charge in [-0.1, -0.05) is 26.2 Å². The van der Waals surface area contributed by atoms with Gasteiger partial charge in [0.05, 0.1) is 0 Å². The van der Waals surface area contributed by atoms with Gasteiger partial charge in [-0.2, -0.15) is 0 Å². The van der Waals surface area contributed by atoms with Gasteiger partial charge in [0.2, 0.25) is 0 Å². The molecule has 0 aliphatic heterocycles. The highest BCUT2D eigenvalue weighted by Gasteiger charge is 2.19. The summed E-state index contributed by atoms with van der Waals surface area (Å²) in [5.74, 6) is 0. The summed E-state index contributed by atoms with van der Waals surface area (Å²) < 4.78 is 0. The second-order valence-electron chi connectivity index (χ2n) is 3.14. The number of rotatable bonds is 6. The van der Waals surface area contributed by atoms with Crippen LogP contribution in [-0.2, 0) is 0 Å². The number of hydrogen-bond donors (Lipinski definition) is 1. The fourth-order valence-corrected chi connectivity index (χ4v) is 1.07. The van der Waals surface area contributed by atoms with Crippen LogP contribution in [0.2, 0.25) is 0 Å². The van der Waals surface area contributed by atoms with Crippen molar-refractivity contribution in [3.63, 3.8) is 0 Å². The Bertz CT molecular complexity index is 76.8. The monoisotopic (exact) mass is 140 g/mol. The molecule has 1 aliphatic rings. The summed E-state index contributed by atoms with van der Waals surface area (Å²) in [6.07, 6.45) is 7.91. The lowest BCUT2D eigenvalue weighted by Gasteiger charge is -2.00. The highest BCUT2D eigenvalue weighted by molar-refractivity contribution is 4.80. The van der Waals surface area contributed by atoms with E-state index in [1.54, 1.807) is 0 Å². The van der Waals surface area contributed by atoms with Crippen molar-refractivity contribution in [1.82, 2.24) is 5.32 Å². The van der Waals surface area contributed by atoms with E-state index in [0.717, 1.165) is 12.5 Å². The van der Waals surface area contributed by atoms with E-state index in [4.69, 9.17) is 0 Å². The predicted molar refractivity (Wildman–Crippen MR) is 44.8 cm³/mol. The second-order valence-corrected chi connectivity index (χ2v) is 3.14. The Hall–Kier alpha value is -0.0400. The smallest absolute Gasteiger partial charge is 0.00682 e. The van der Waals surface area contributed by atoms with Crippen LogP contribution in [-0.4, -0.2) is 12.6 Å². The third-order valence-electron chi connectivity index (χ3n) is 1.94. The van der Waals surface area contributed by atoms with E-state index in [-0.39, 0.29) is 0 Å². The molecule has 0 aromatic heterocycles. The molecule has 1 fully saturated rings. The average molecular weight is 140 g/mol. The Balaban J connectivity index is 1.68. The van der Waals surface area contributed by atoms with Crippen LogP contribution in [0.15, 0.2) is 0 Å². The minimum Gasteiger partial charge on any atom is -0.314 e. The van der Waals surface area contributed by atoms with Crippen LogP contribution in [0.4, 0.5) is 0 Å². The molecular formula is C9H18N. The topological polar surface area (TPSA) is 12.0 Å². The van der Waals surface area contributed by atoms with E-state index in [0.29, 0.717) is 0 Å². The molecule has 0 unspecified atom stereocenters. The van der Waals surface area contributed by atoms with E-state index in [1.807, 2.05) is 0 Å². The van der Waals surface area contributed by atoms with Crippen LogP contribution in [0.3, 0.4) is 0 Å². The Kier molecular flexibility index (Phi) is 3.81. The summed E-state index contributed by atoms with van der Waals surface area (Å²) in [5, 5.41) is 3.50. The molecule has 0 bridgehead atoms. The van der Waals surface area contributed by atoms with Crippen molar-refractivity contribution >= 4 is 0 Å². The lowest BCUT2D eigenvalue weighted by molar-refractivity contribution is 0.603. The first-order valence-electron chi connectivity index (χ1n) is 4.46. The molecule has 0 atom stereocenters. The van der Waals surface area contributed by atoms with Crippen LogP contribution in [0.1, 0.15) is 38.5 Å². The summed E-state index contributed by atoms with van der Waals surface area (Å²) in [6.45, 7) is 5.04. The highest BCUT2D eigenvalue weighted by Crippen LogP contribution is 2.18. The standard InChI is InChI=1S/C9H18N/c1-2-3-4-5-8-10-9-6-7-9/h9-10H,1-8H2. The lowest BCUT2D eigenvalue weighted by atomic mass is 10.2. The third-order valence-corrected chi connectivity index (χ3v) is 1.94. The van der Waals surface area contributed by atoms with Crippen molar-refractivity contribution in [2.45, 2.75) is 44.6 Å². The molecule has 1 radical (unpaired) electrons. The van der Waals surface area contributed by atoms with Gasteiger partial charge >= 0.3 is 0 Å². The molecule has 1 N–H and O–H groups in total. The van der Waals surface area contributed by atoms with Crippen LogP contribution >= 0.6 is 0 Å². The van der Waals surface area contributed by atoms with E-state index in [2.05, 4.69) is 12.2 Å². The first-order chi connectivity index (χ1) is 4.93. The zero-order valence-corrected chi connectivity index (χ0v) is 6.73. The summed E-state index contributed by atoms with van der Waals surface area (Å²) >= 11 is 0. The van der Waals surface area contributed by atoms with Crippen molar-refractivity contribution in [3.8, 4) is 0 Å². The number of hydrogen-bond acceptors (Lipinski definition) is 1. The van der Waals surface area contributed by atoms with Crippen molar-refractivity contribution in [2.75, 3.05) is 6.54 Å². The van der Waals surface area contributed by atoms with Crippen LogP contribution in [0, 0.1) is 6.92 Å². The molecule has 59 valence electrons. The van der Waals surface area contributed by atoms with E-state index in [9.17, 15) is 0 Å². The molecule has 1 nitrogen and oxygen atoms in total. The molecule has 1 saturated carbocycles. The quantitative estimate of drug-likeness (QED) is 0.557. The van der Waals surface area contributed by atoms with Crippen LogP contribution in [0.25, 0.3) is 0 Å². The SMILES string of the molecule is [CH2]CCCCCNC1CC1. The molecule has 1 heteroatoms. The molecule has 0 amide bonds. The highest BCUT2D eigenvalue weighted by atomic mass is 14.9. The Morgan fingerprint density at radius 2 is 2.00 bits per heavy atom. The minimum absolute atomic E-state index is 0.889. The van der Waals surface area contributed by atoms with Gasteiger partial charge in [0.1, 0.15) is 0 Å². The van der Waals surface area contributed by atoms with Crippen molar-refractivity contribution in [3.05, 3.63) is 6.92 Å². The fourth-order valence-electron chi connectivity index (χ4n) is 1.07. The predicted octanol–water partition coefficient (Wildman–Crippen LogP) is 2.13. The zero-order valence-electron chi connectivity index (χ0n) is 6.73. The molecule has 0 aromatic rings. The maximum Gasteiger partial charge on any atom is 0.00682 e. The van der Waals surface area contributed by atoms with Gasteiger partial charge in [-0.05, 0) is 25.8 Å². The average Bonchev–Trinajstić information content (AvgIpc) is 2.71. The molecule has 0 saturated heterocycles. The first-order valence-corrected chi connectivity index (χ1v) is 4.46. The molecule has 0 spiro atoms. The summed E-state index contributed by atoms with van der Waals surface area (Å²) in [4.78, 5) is 0. The van der Waals surface area contributed by atoms with E-state index in [1.165, 1.54) is 38.6 Å². The zero-order chi connectivity index (χ0) is 7.23. The van der Waals surface area contributed by atoms with Gasteiger partial charge in [0, 0.05) is 6.04 Å². The van der Waals surface area contributed by atoms with E-state index < -0.39 is 0 Å². The minimum atomic E-state index is 0.889. The van der Waals surface area contributed by atoms with E-state index >= 15 is 0 Å². The van der Waals surface area contributed by atoms with Gasteiger partial charge in [-0.3, -0.25) is 0 Å². The largest absolute Gasteiger partial charge is 0.314 e. The molecular weight excluding hydrogens is 122 g/mol. The van der Waals surface area contributed by atoms with Gasteiger partial charge in [-0.15, -0.1) is 0 Å². The molecule has 10 heavy (non-hydrogen) atoms. The van der Waals surface area contributed by atoms with Crippen molar-refractivity contribution in [2.24, 2.45) is 0 Å².